The number of hydrogen-bond donors (Lipinski definition) is 0. The minimum atomic E-state index is -3.01. The van der Waals surface area contributed by atoms with Gasteiger partial charge in [0, 0.05) is 18.5 Å². The molecule has 22 heavy (non-hydrogen) atoms. The summed E-state index contributed by atoms with van der Waals surface area (Å²) in [6.07, 6.45) is 2.85. The summed E-state index contributed by atoms with van der Waals surface area (Å²) in [7, 11) is -1.35. The minimum Gasteiger partial charge on any atom is -0.463 e. The highest BCUT2D eigenvalue weighted by Crippen LogP contribution is 2.26. The molecular weight excluding hydrogens is 302 g/mol. The molecule has 0 radical (unpaired) electrons. The number of hydrogen-bond acceptors (Lipinski definition) is 4. The maximum Gasteiger partial charge on any atom is 0.257 e. The second kappa shape index (κ2) is 5.43. The first-order valence-electron chi connectivity index (χ1n) is 7.39. The van der Waals surface area contributed by atoms with Gasteiger partial charge in [-0.05, 0) is 30.5 Å². The van der Waals surface area contributed by atoms with Gasteiger partial charge in [-0.3, -0.25) is 4.79 Å². The van der Waals surface area contributed by atoms with Gasteiger partial charge in [0.25, 0.3) is 5.91 Å². The number of carbonyl (C=O) groups is 1. The van der Waals surface area contributed by atoms with Crippen molar-refractivity contribution in [2.75, 3.05) is 18.6 Å². The zero-order valence-corrected chi connectivity index (χ0v) is 13.5. The number of aryl methyl sites for hydroxylation is 1. The molecule has 2 heterocycles. The first-order chi connectivity index (χ1) is 10.4. The third kappa shape index (κ3) is 2.63. The lowest BCUT2D eigenvalue weighted by Gasteiger charge is -2.22. The van der Waals surface area contributed by atoms with E-state index in [2.05, 4.69) is 6.92 Å². The van der Waals surface area contributed by atoms with Gasteiger partial charge in [0.1, 0.15) is 11.8 Å². The number of rotatable bonds is 3. The van der Waals surface area contributed by atoms with E-state index in [0.29, 0.717) is 17.6 Å². The monoisotopic (exact) mass is 321 g/mol. The van der Waals surface area contributed by atoms with Crippen molar-refractivity contribution >= 4 is 26.7 Å². The molecule has 1 aromatic carbocycles. The average molecular weight is 321 g/mol. The van der Waals surface area contributed by atoms with Crippen LogP contribution in [0.1, 0.15) is 29.3 Å². The van der Waals surface area contributed by atoms with Gasteiger partial charge < -0.3 is 9.32 Å². The first-order valence-corrected chi connectivity index (χ1v) is 9.21. The lowest BCUT2D eigenvalue weighted by Crippen LogP contribution is -2.37. The zero-order valence-electron chi connectivity index (χ0n) is 12.7. The number of fused-ring (bicyclic) bond motifs is 1. The second-order valence-electron chi connectivity index (χ2n) is 5.81. The van der Waals surface area contributed by atoms with E-state index in [1.165, 1.54) is 11.2 Å². The van der Waals surface area contributed by atoms with E-state index in [-0.39, 0.29) is 23.5 Å². The van der Waals surface area contributed by atoms with Gasteiger partial charge in [-0.2, -0.15) is 0 Å². The molecule has 0 bridgehead atoms. The van der Waals surface area contributed by atoms with E-state index in [0.717, 1.165) is 17.4 Å². The molecule has 1 saturated heterocycles. The van der Waals surface area contributed by atoms with Gasteiger partial charge in [-0.15, -0.1) is 0 Å². The van der Waals surface area contributed by atoms with Crippen LogP contribution in [-0.2, 0) is 16.3 Å². The number of amides is 1. The Morgan fingerprint density at radius 1 is 1.41 bits per heavy atom. The normalized spacial score (nSPS) is 20.4. The summed E-state index contributed by atoms with van der Waals surface area (Å²) in [6, 6.07) is 5.56. The van der Waals surface area contributed by atoms with Crippen LogP contribution < -0.4 is 0 Å². The number of benzene rings is 1. The largest absolute Gasteiger partial charge is 0.463 e. The van der Waals surface area contributed by atoms with Crippen LogP contribution in [0.25, 0.3) is 11.0 Å². The molecule has 1 aliphatic heterocycles. The number of carbonyl (C=O) groups excluding carboxylic acids is 1. The summed E-state index contributed by atoms with van der Waals surface area (Å²) < 4.78 is 28.6. The summed E-state index contributed by atoms with van der Waals surface area (Å²) in [4.78, 5) is 14.2. The fourth-order valence-corrected chi connectivity index (χ4v) is 4.67. The fourth-order valence-electron chi connectivity index (χ4n) is 2.90. The molecule has 1 atom stereocenters. The second-order valence-corrected chi connectivity index (χ2v) is 8.04. The van der Waals surface area contributed by atoms with E-state index in [1.807, 2.05) is 18.2 Å². The molecule has 2 aromatic rings. The number of furan rings is 1. The van der Waals surface area contributed by atoms with Crippen LogP contribution in [0.15, 0.2) is 28.9 Å². The van der Waals surface area contributed by atoms with Crippen molar-refractivity contribution in [3.63, 3.8) is 0 Å². The van der Waals surface area contributed by atoms with Gasteiger partial charge in [0.2, 0.25) is 0 Å². The highest BCUT2D eigenvalue weighted by molar-refractivity contribution is 7.91. The summed E-state index contributed by atoms with van der Waals surface area (Å²) in [5.41, 5.74) is 2.30. The van der Waals surface area contributed by atoms with E-state index < -0.39 is 9.84 Å². The number of nitrogens with zero attached hydrogens (tertiary/aromatic N) is 1. The molecule has 1 amide bonds. The van der Waals surface area contributed by atoms with Gasteiger partial charge in [-0.25, -0.2) is 8.42 Å². The molecule has 1 fully saturated rings. The third-order valence-electron chi connectivity index (χ3n) is 4.35. The van der Waals surface area contributed by atoms with E-state index in [9.17, 15) is 13.2 Å². The highest BCUT2D eigenvalue weighted by atomic mass is 32.2. The lowest BCUT2D eigenvalue weighted by atomic mass is 10.1. The lowest BCUT2D eigenvalue weighted by molar-refractivity contribution is 0.0748. The molecule has 0 aliphatic carbocycles. The summed E-state index contributed by atoms with van der Waals surface area (Å²) in [5.74, 6) is 0.0150. The Morgan fingerprint density at radius 3 is 2.82 bits per heavy atom. The highest BCUT2D eigenvalue weighted by Gasteiger charge is 2.33. The van der Waals surface area contributed by atoms with Crippen LogP contribution >= 0.6 is 0 Å². The van der Waals surface area contributed by atoms with Crippen LogP contribution in [0.2, 0.25) is 0 Å². The van der Waals surface area contributed by atoms with Crippen molar-refractivity contribution < 1.29 is 17.6 Å². The van der Waals surface area contributed by atoms with E-state index in [4.69, 9.17) is 4.42 Å². The smallest absolute Gasteiger partial charge is 0.257 e. The molecule has 1 aromatic heterocycles. The Hall–Kier alpha value is -1.82. The molecule has 3 rings (SSSR count). The Morgan fingerprint density at radius 2 is 2.18 bits per heavy atom. The molecule has 0 saturated carbocycles. The average Bonchev–Trinajstić information content (AvgIpc) is 3.08. The van der Waals surface area contributed by atoms with Gasteiger partial charge in [-0.1, -0.05) is 13.0 Å². The van der Waals surface area contributed by atoms with Crippen LogP contribution in [-0.4, -0.2) is 43.8 Å². The standard InChI is InChI=1S/C16H19NO4S/c1-3-11-4-5-15-13(8-11)14(9-21-15)16(18)17(2)12-6-7-22(19,20)10-12/h4-5,8-9,12H,3,6-7,10H2,1-2H3. The van der Waals surface area contributed by atoms with Crippen LogP contribution in [0.5, 0.6) is 0 Å². The van der Waals surface area contributed by atoms with Crippen molar-refractivity contribution in [1.82, 2.24) is 4.90 Å². The van der Waals surface area contributed by atoms with Gasteiger partial charge in [0.15, 0.2) is 9.84 Å². The van der Waals surface area contributed by atoms with Crippen LogP contribution in [0.4, 0.5) is 0 Å². The molecule has 6 heteroatoms. The predicted octanol–water partition coefficient (Wildman–Crippen LogP) is 2.25. The van der Waals surface area contributed by atoms with Crippen LogP contribution in [0.3, 0.4) is 0 Å². The molecule has 0 spiro atoms. The van der Waals surface area contributed by atoms with E-state index >= 15 is 0 Å². The zero-order chi connectivity index (χ0) is 15.9. The summed E-state index contributed by atoms with van der Waals surface area (Å²) >= 11 is 0. The van der Waals surface area contributed by atoms with Gasteiger partial charge in [0.05, 0.1) is 17.1 Å². The molecular formula is C16H19NO4S. The van der Waals surface area contributed by atoms with Crippen molar-refractivity contribution in [2.24, 2.45) is 0 Å². The van der Waals surface area contributed by atoms with Crippen molar-refractivity contribution in [1.29, 1.82) is 0 Å². The SMILES string of the molecule is CCc1ccc2occ(C(=O)N(C)C3CCS(=O)(=O)C3)c2c1. The quantitative estimate of drug-likeness (QED) is 0.869. The fraction of sp³-hybridized carbons (Fsp3) is 0.438. The van der Waals surface area contributed by atoms with Crippen molar-refractivity contribution in [3.8, 4) is 0 Å². The Labute approximate surface area is 129 Å². The minimum absolute atomic E-state index is 0.0469. The maximum absolute atomic E-state index is 12.7. The van der Waals surface area contributed by atoms with Crippen molar-refractivity contribution in [2.45, 2.75) is 25.8 Å². The Balaban J connectivity index is 1.92. The molecule has 1 aliphatic rings. The summed E-state index contributed by atoms with van der Waals surface area (Å²) in [6.45, 7) is 2.05. The molecule has 5 nitrogen and oxygen atoms in total. The van der Waals surface area contributed by atoms with E-state index in [1.54, 1.807) is 7.05 Å². The summed E-state index contributed by atoms with van der Waals surface area (Å²) in [5, 5.41) is 0.789. The molecule has 118 valence electrons. The third-order valence-corrected chi connectivity index (χ3v) is 6.10. The maximum atomic E-state index is 12.7. The topological polar surface area (TPSA) is 67.6 Å². The van der Waals surface area contributed by atoms with Crippen LogP contribution in [0, 0.1) is 0 Å². The molecule has 1 unspecified atom stereocenters. The first kappa shape index (κ1) is 15.1. The number of sulfone groups is 1. The van der Waals surface area contributed by atoms with Gasteiger partial charge >= 0.3 is 0 Å². The Kier molecular flexibility index (Phi) is 3.72. The Bertz CT molecular complexity index is 822. The predicted molar refractivity (Wildman–Crippen MR) is 84.7 cm³/mol. The van der Waals surface area contributed by atoms with Crippen molar-refractivity contribution in [3.05, 3.63) is 35.6 Å². The molecule has 0 N–H and O–H groups in total.